The molecule has 2 aromatic heterocycles. The van der Waals surface area contributed by atoms with E-state index in [-0.39, 0.29) is 0 Å². The van der Waals surface area contributed by atoms with Crippen LogP contribution in [0.1, 0.15) is 0 Å². The molecule has 0 saturated heterocycles. The van der Waals surface area contributed by atoms with Crippen LogP contribution >= 0.6 is 11.3 Å². The molecule has 0 aliphatic heterocycles. The molecule has 0 saturated carbocycles. The summed E-state index contributed by atoms with van der Waals surface area (Å²) in [6.07, 6.45) is 0. The summed E-state index contributed by atoms with van der Waals surface area (Å²) in [6, 6.07) is 52.8. The highest BCUT2D eigenvalue weighted by Gasteiger charge is 2.14. The van der Waals surface area contributed by atoms with E-state index in [2.05, 4.69) is 140 Å². The van der Waals surface area contributed by atoms with Gasteiger partial charge in [-0.2, -0.15) is 0 Å². The molecule has 0 aliphatic rings. The summed E-state index contributed by atoms with van der Waals surface area (Å²) in [6.45, 7) is 0. The summed E-state index contributed by atoms with van der Waals surface area (Å²) in [7, 11) is 0. The maximum Gasteiger partial charge on any atom is 0.164 e. The highest BCUT2D eigenvalue weighted by atomic mass is 32.1. The molecule has 2 heterocycles. The minimum absolute atomic E-state index is 0.656. The Morgan fingerprint density at radius 1 is 0.302 bits per heavy atom. The highest BCUT2D eigenvalue weighted by Crippen LogP contribution is 2.36. The molecule has 0 bridgehead atoms. The van der Waals surface area contributed by atoms with E-state index in [0.29, 0.717) is 17.5 Å². The predicted molar refractivity (Wildman–Crippen MR) is 180 cm³/mol. The Labute approximate surface area is 253 Å². The van der Waals surface area contributed by atoms with Gasteiger partial charge in [0.1, 0.15) is 0 Å². The smallest absolute Gasteiger partial charge is 0.164 e. The molecule has 0 atom stereocenters. The average Bonchev–Trinajstić information content (AvgIpc) is 3.47. The summed E-state index contributed by atoms with van der Waals surface area (Å²) in [4.78, 5) is 15.0. The van der Waals surface area contributed by atoms with Gasteiger partial charge in [-0.3, -0.25) is 0 Å². The Morgan fingerprint density at radius 3 is 1.26 bits per heavy atom. The monoisotopic (exact) mass is 567 g/mol. The minimum atomic E-state index is 0.656. The van der Waals surface area contributed by atoms with Crippen LogP contribution in [0.15, 0.2) is 152 Å². The third-order valence-electron chi connectivity index (χ3n) is 7.77. The molecule has 0 radical (unpaired) electrons. The topological polar surface area (TPSA) is 38.7 Å². The molecule has 0 aliphatic carbocycles. The Balaban J connectivity index is 1.24. The molecule has 0 N–H and O–H groups in total. The van der Waals surface area contributed by atoms with Gasteiger partial charge in [-0.05, 0) is 34.4 Å². The maximum atomic E-state index is 5.01. The Bertz CT molecular complexity index is 2100. The third-order valence-corrected chi connectivity index (χ3v) is 8.91. The highest BCUT2D eigenvalue weighted by molar-refractivity contribution is 7.25. The van der Waals surface area contributed by atoms with Crippen molar-refractivity contribution in [1.29, 1.82) is 0 Å². The molecule has 0 unspecified atom stereocenters. The molecule has 8 rings (SSSR count). The average molecular weight is 568 g/mol. The van der Waals surface area contributed by atoms with E-state index in [0.717, 1.165) is 27.8 Å². The van der Waals surface area contributed by atoms with Crippen LogP contribution in [-0.2, 0) is 0 Å². The van der Waals surface area contributed by atoms with Gasteiger partial charge < -0.3 is 0 Å². The van der Waals surface area contributed by atoms with Gasteiger partial charge in [0.25, 0.3) is 0 Å². The first kappa shape index (κ1) is 25.3. The van der Waals surface area contributed by atoms with Gasteiger partial charge in [0.05, 0.1) is 0 Å². The SMILES string of the molecule is c1ccc(-c2ccc(-c3nc(-c4ccc(-c5ccccc5)cc4)nc(-c4ccc5c(c4)sc4ccccc45)n3)cc2)cc1. The first-order valence-corrected chi connectivity index (χ1v) is 15.1. The molecule has 0 spiro atoms. The van der Waals surface area contributed by atoms with Crippen LogP contribution < -0.4 is 0 Å². The molecule has 43 heavy (non-hydrogen) atoms. The fourth-order valence-corrected chi connectivity index (χ4v) is 6.66. The van der Waals surface area contributed by atoms with Gasteiger partial charge in [0.2, 0.25) is 0 Å². The lowest BCUT2D eigenvalue weighted by Gasteiger charge is -2.10. The molecular weight excluding hydrogens is 543 g/mol. The summed E-state index contributed by atoms with van der Waals surface area (Å²) >= 11 is 1.80. The quantitative estimate of drug-likeness (QED) is 0.208. The van der Waals surface area contributed by atoms with E-state index in [4.69, 9.17) is 15.0 Å². The van der Waals surface area contributed by atoms with Gasteiger partial charge >= 0.3 is 0 Å². The van der Waals surface area contributed by atoms with Gasteiger partial charge in [-0.1, -0.05) is 140 Å². The summed E-state index contributed by atoms with van der Waals surface area (Å²) in [5.41, 5.74) is 7.56. The Kier molecular flexibility index (Phi) is 6.32. The van der Waals surface area contributed by atoms with E-state index in [1.165, 1.54) is 31.3 Å². The Morgan fingerprint density at radius 2 is 0.698 bits per heavy atom. The van der Waals surface area contributed by atoms with Crippen molar-refractivity contribution in [2.45, 2.75) is 0 Å². The lowest BCUT2D eigenvalue weighted by atomic mass is 10.0. The fourth-order valence-electron chi connectivity index (χ4n) is 5.51. The zero-order valence-electron chi connectivity index (χ0n) is 23.2. The largest absolute Gasteiger partial charge is 0.208 e. The van der Waals surface area contributed by atoms with E-state index in [1.54, 1.807) is 11.3 Å². The van der Waals surface area contributed by atoms with Crippen molar-refractivity contribution in [2.75, 3.05) is 0 Å². The van der Waals surface area contributed by atoms with E-state index < -0.39 is 0 Å². The number of rotatable bonds is 5. The molecule has 3 nitrogen and oxygen atoms in total. The van der Waals surface area contributed by atoms with Gasteiger partial charge in [-0.15, -0.1) is 11.3 Å². The summed E-state index contributed by atoms with van der Waals surface area (Å²) in [5.74, 6) is 1.98. The Hall–Kier alpha value is -5.45. The molecule has 0 fully saturated rings. The molecule has 6 aromatic carbocycles. The number of benzene rings is 6. The number of fused-ring (bicyclic) bond motifs is 3. The van der Waals surface area contributed by atoms with Crippen LogP contribution in [-0.4, -0.2) is 15.0 Å². The van der Waals surface area contributed by atoms with Gasteiger partial charge in [-0.25, -0.2) is 15.0 Å². The van der Waals surface area contributed by atoms with E-state index in [9.17, 15) is 0 Å². The lowest BCUT2D eigenvalue weighted by molar-refractivity contribution is 1.07. The lowest BCUT2D eigenvalue weighted by Crippen LogP contribution is -2.00. The number of hydrogen-bond donors (Lipinski definition) is 0. The molecule has 0 amide bonds. The zero-order valence-corrected chi connectivity index (χ0v) is 24.0. The molecule has 202 valence electrons. The summed E-state index contributed by atoms with van der Waals surface area (Å²) < 4.78 is 2.50. The first-order valence-electron chi connectivity index (χ1n) is 14.3. The van der Waals surface area contributed by atoms with Crippen molar-refractivity contribution in [1.82, 2.24) is 15.0 Å². The standard InChI is InChI=1S/C39H25N3S/c1-3-9-26(10-4-1)28-15-19-30(20-16-28)37-40-38(31-21-17-29(18-22-31)27-11-5-2-6-12-27)42-39(41-37)32-23-24-34-33-13-7-8-14-35(33)43-36(34)25-32/h1-25H. The number of thiophene rings is 1. The van der Waals surface area contributed by atoms with Gasteiger partial charge in [0.15, 0.2) is 17.5 Å². The zero-order chi connectivity index (χ0) is 28.6. The minimum Gasteiger partial charge on any atom is -0.208 e. The van der Waals surface area contributed by atoms with Crippen LogP contribution in [0, 0.1) is 0 Å². The number of hydrogen-bond acceptors (Lipinski definition) is 4. The van der Waals surface area contributed by atoms with Crippen LogP contribution in [0.2, 0.25) is 0 Å². The van der Waals surface area contributed by atoms with Crippen molar-refractivity contribution >= 4 is 31.5 Å². The van der Waals surface area contributed by atoms with Crippen molar-refractivity contribution < 1.29 is 0 Å². The van der Waals surface area contributed by atoms with Crippen molar-refractivity contribution in [3.63, 3.8) is 0 Å². The molecule has 8 aromatic rings. The second-order valence-corrected chi connectivity index (χ2v) is 11.6. The van der Waals surface area contributed by atoms with Crippen LogP contribution in [0.3, 0.4) is 0 Å². The van der Waals surface area contributed by atoms with Crippen molar-refractivity contribution in [3.05, 3.63) is 152 Å². The van der Waals surface area contributed by atoms with E-state index in [1.807, 2.05) is 12.1 Å². The molecular formula is C39H25N3S. The number of aromatic nitrogens is 3. The van der Waals surface area contributed by atoms with Crippen LogP contribution in [0.25, 0.3) is 76.6 Å². The van der Waals surface area contributed by atoms with Crippen LogP contribution in [0.4, 0.5) is 0 Å². The third kappa shape index (κ3) is 4.88. The normalized spacial score (nSPS) is 11.3. The van der Waals surface area contributed by atoms with Crippen molar-refractivity contribution in [2.24, 2.45) is 0 Å². The van der Waals surface area contributed by atoms with Crippen molar-refractivity contribution in [3.8, 4) is 56.4 Å². The van der Waals surface area contributed by atoms with Crippen LogP contribution in [0.5, 0.6) is 0 Å². The fraction of sp³-hybridized carbons (Fsp3) is 0. The first-order chi connectivity index (χ1) is 21.3. The molecule has 4 heteroatoms. The predicted octanol–water partition coefficient (Wildman–Crippen LogP) is 10.6. The number of nitrogens with zero attached hydrogens (tertiary/aromatic N) is 3. The second kappa shape index (κ2) is 10.8. The van der Waals surface area contributed by atoms with E-state index >= 15 is 0 Å². The van der Waals surface area contributed by atoms with Gasteiger partial charge in [0, 0.05) is 36.9 Å². The summed E-state index contributed by atoms with van der Waals surface area (Å²) in [5, 5.41) is 2.54. The second-order valence-electron chi connectivity index (χ2n) is 10.5. The maximum absolute atomic E-state index is 5.01.